The van der Waals surface area contributed by atoms with Crippen molar-refractivity contribution in [2.45, 2.75) is 6.42 Å². The molecule has 4 nitrogen and oxygen atoms in total. The van der Waals surface area contributed by atoms with E-state index >= 15 is 0 Å². The normalized spacial score (nSPS) is 10.5. The molecule has 122 valence electrons. The molecule has 0 atom stereocenters. The number of aromatic nitrogens is 2. The van der Waals surface area contributed by atoms with Gasteiger partial charge in [0.15, 0.2) is 0 Å². The molecule has 0 saturated carbocycles. The molecule has 0 bridgehead atoms. The Morgan fingerprint density at radius 1 is 0.917 bits per heavy atom. The molecule has 0 spiro atoms. The number of halogens is 1. The summed E-state index contributed by atoms with van der Waals surface area (Å²) in [5, 5.41) is 0.680. The van der Waals surface area contributed by atoms with Crippen molar-refractivity contribution >= 4 is 11.6 Å². The van der Waals surface area contributed by atoms with E-state index in [1.54, 1.807) is 14.2 Å². The Bertz CT molecular complexity index is 835. The smallest absolute Gasteiger partial charge is 0.221 e. The number of rotatable bonds is 5. The van der Waals surface area contributed by atoms with Gasteiger partial charge in [-0.15, -0.1) is 0 Å². The van der Waals surface area contributed by atoms with Gasteiger partial charge in [0.05, 0.1) is 14.2 Å². The average Bonchev–Trinajstić information content (AvgIpc) is 2.62. The monoisotopic (exact) mass is 340 g/mol. The number of methoxy groups -OCH3 is 2. The quantitative estimate of drug-likeness (QED) is 0.690. The summed E-state index contributed by atoms with van der Waals surface area (Å²) >= 11 is 6.11. The third-order valence-corrected chi connectivity index (χ3v) is 3.89. The predicted molar refractivity (Wildman–Crippen MR) is 94.8 cm³/mol. The molecule has 0 radical (unpaired) electrons. The molecule has 2 heterocycles. The maximum Gasteiger partial charge on any atom is 0.221 e. The molecule has 24 heavy (non-hydrogen) atoms. The Balaban J connectivity index is 1.93. The second kappa shape index (κ2) is 7.32. The third-order valence-electron chi connectivity index (χ3n) is 3.65. The molecule has 0 N–H and O–H groups in total. The molecule has 0 unspecified atom stereocenters. The first kappa shape index (κ1) is 16.3. The molecule has 0 amide bonds. The molecule has 0 saturated heterocycles. The Morgan fingerprint density at radius 2 is 1.75 bits per heavy atom. The molecule has 0 aliphatic rings. The van der Waals surface area contributed by atoms with E-state index in [-0.39, 0.29) is 0 Å². The lowest BCUT2D eigenvalue weighted by atomic mass is 10.0. The van der Waals surface area contributed by atoms with Crippen molar-refractivity contribution in [3.05, 3.63) is 71.0 Å². The highest BCUT2D eigenvalue weighted by atomic mass is 35.5. The second-order valence-electron chi connectivity index (χ2n) is 5.30. The van der Waals surface area contributed by atoms with E-state index in [9.17, 15) is 0 Å². The standard InChI is InChI=1S/C19H17ClN2O2/c1-23-18-7-6-13(11-21-18)8-14-9-17(19(24-2)22-12-14)15-4-3-5-16(20)10-15/h3-7,9-12H,8H2,1-2H3. The molecule has 0 aliphatic heterocycles. The largest absolute Gasteiger partial charge is 0.481 e. The van der Waals surface area contributed by atoms with Gasteiger partial charge in [-0.2, -0.15) is 0 Å². The summed E-state index contributed by atoms with van der Waals surface area (Å²) in [7, 11) is 3.22. The number of nitrogens with zero attached hydrogens (tertiary/aromatic N) is 2. The zero-order valence-corrected chi connectivity index (χ0v) is 14.2. The Kier molecular flexibility index (Phi) is 4.96. The second-order valence-corrected chi connectivity index (χ2v) is 5.73. The summed E-state index contributed by atoms with van der Waals surface area (Å²) < 4.78 is 10.5. The average molecular weight is 341 g/mol. The highest BCUT2D eigenvalue weighted by Gasteiger charge is 2.10. The van der Waals surface area contributed by atoms with Gasteiger partial charge in [0, 0.05) is 35.5 Å². The van der Waals surface area contributed by atoms with Crippen LogP contribution in [0.2, 0.25) is 5.02 Å². The van der Waals surface area contributed by atoms with Crippen LogP contribution in [-0.2, 0) is 6.42 Å². The van der Waals surface area contributed by atoms with Gasteiger partial charge >= 0.3 is 0 Å². The van der Waals surface area contributed by atoms with Crippen molar-refractivity contribution in [1.82, 2.24) is 9.97 Å². The molecule has 3 rings (SSSR count). The van der Waals surface area contributed by atoms with Gasteiger partial charge in [0.25, 0.3) is 0 Å². The van der Waals surface area contributed by atoms with Crippen LogP contribution in [0.25, 0.3) is 11.1 Å². The van der Waals surface area contributed by atoms with Gasteiger partial charge < -0.3 is 9.47 Å². The van der Waals surface area contributed by atoms with E-state index in [2.05, 4.69) is 16.0 Å². The van der Waals surface area contributed by atoms with Crippen LogP contribution in [-0.4, -0.2) is 24.2 Å². The van der Waals surface area contributed by atoms with Crippen molar-refractivity contribution in [1.29, 1.82) is 0 Å². The molecule has 0 fully saturated rings. The van der Waals surface area contributed by atoms with Gasteiger partial charge in [-0.05, 0) is 34.9 Å². The molecule has 0 aliphatic carbocycles. The summed E-state index contributed by atoms with van der Waals surface area (Å²) in [6.07, 6.45) is 4.35. The van der Waals surface area contributed by atoms with Gasteiger partial charge in [0.1, 0.15) is 0 Å². The van der Waals surface area contributed by atoms with Gasteiger partial charge in [-0.25, -0.2) is 9.97 Å². The van der Waals surface area contributed by atoms with E-state index in [1.165, 1.54) is 0 Å². The van der Waals surface area contributed by atoms with Crippen LogP contribution < -0.4 is 9.47 Å². The lowest BCUT2D eigenvalue weighted by Gasteiger charge is -2.10. The first-order valence-electron chi connectivity index (χ1n) is 7.47. The number of pyridine rings is 2. The minimum atomic E-state index is 0.578. The van der Waals surface area contributed by atoms with Crippen molar-refractivity contribution in [2.75, 3.05) is 14.2 Å². The Labute approximate surface area is 146 Å². The molecular formula is C19H17ClN2O2. The summed E-state index contributed by atoms with van der Waals surface area (Å²) in [5.41, 5.74) is 4.04. The summed E-state index contributed by atoms with van der Waals surface area (Å²) in [5.74, 6) is 1.18. The lowest BCUT2D eigenvalue weighted by molar-refractivity contribution is 0.397. The topological polar surface area (TPSA) is 44.2 Å². The maximum absolute atomic E-state index is 6.11. The van der Waals surface area contributed by atoms with Crippen LogP contribution in [0, 0.1) is 0 Å². The first-order valence-corrected chi connectivity index (χ1v) is 7.85. The number of benzene rings is 1. The summed E-state index contributed by atoms with van der Waals surface area (Å²) in [6, 6.07) is 13.6. The number of ether oxygens (including phenoxy) is 2. The van der Waals surface area contributed by atoms with Crippen LogP contribution in [0.15, 0.2) is 54.9 Å². The van der Waals surface area contributed by atoms with Crippen molar-refractivity contribution in [3.63, 3.8) is 0 Å². The zero-order chi connectivity index (χ0) is 16.9. The van der Waals surface area contributed by atoms with E-state index in [0.29, 0.717) is 16.8 Å². The fourth-order valence-corrected chi connectivity index (χ4v) is 2.68. The van der Waals surface area contributed by atoms with Crippen LogP contribution in [0.3, 0.4) is 0 Å². The minimum absolute atomic E-state index is 0.578. The minimum Gasteiger partial charge on any atom is -0.481 e. The molecule has 2 aromatic heterocycles. The van der Waals surface area contributed by atoms with E-state index in [4.69, 9.17) is 21.1 Å². The third kappa shape index (κ3) is 3.66. The molecular weight excluding hydrogens is 324 g/mol. The van der Waals surface area contributed by atoms with E-state index in [1.807, 2.05) is 48.8 Å². The number of hydrogen-bond acceptors (Lipinski definition) is 4. The van der Waals surface area contributed by atoms with Crippen LogP contribution in [0.1, 0.15) is 11.1 Å². The molecule has 3 aromatic rings. The molecule has 5 heteroatoms. The maximum atomic E-state index is 6.11. The van der Waals surface area contributed by atoms with Gasteiger partial charge in [0.2, 0.25) is 11.8 Å². The SMILES string of the molecule is COc1ccc(Cc2cnc(OC)c(-c3cccc(Cl)c3)c2)cn1. The van der Waals surface area contributed by atoms with Crippen LogP contribution >= 0.6 is 11.6 Å². The van der Waals surface area contributed by atoms with E-state index in [0.717, 1.165) is 28.7 Å². The highest BCUT2D eigenvalue weighted by Crippen LogP contribution is 2.31. The predicted octanol–water partition coefficient (Wildman–Crippen LogP) is 4.41. The van der Waals surface area contributed by atoms with Crippen molar-refractivity contribution in [2.24, 2.45) is 0 Å². The lowest BCUT2D eigenvalue weighted by Crippen LogP contribution is -1.96. The fourth-order valence-electron chi connectivity index (χ4n) is 2.49. The number of hydrogen-bond donors (Lipinski definition) is 0. The summed E-state index contributed by atoms with van der Waals surface area (Å²) in [4.78, 5) is 8.66. The van der Waals surface area contributed by atoms with Gasteiger partial charge in [-0.1, -0.05) is 29.8 Å². The highest BCUT2D eigenvalue weighted by molar-refractivity contribution is 6.30. The van der Waals surface area contributed by atoms with Crippen molar-refractivity contribution < 1.29 is 9.47 Å². The van der Waals surface area contributed by atoms with Gasteiger partial charge in [-0.3, -0.25) is 0 Å². The molecule has 1 aromatic carbocycles. The van der Waals surface area contributed by atoms with E-state index < -0.39 is 0 Å². The van der Waals surface area contributed by atoms with Crippen LogP contribution in [0.5, 0.6) is 11.8 Å². The fraction of sp³-hybridized carbons (Fsp3) is 0.158. The first-order chi connectivity index (χ1) is 11.7. The summed E-state index contributed by atoms with van der Waals surface area (Å²) in [6.45, 7) is 0. The Morgan fingerprint density at radius 3 is 2.42 bits per heavy atom. The zero-order valence-electron chi connectivity index (χ0n) is 13.5. The Hall–Kier alpha value is -2.59. The van der Waals surface area contributed by atoms with Crippen LogP contribution in [0.4, 0.5) is 0 Å². The van der Waals surface area contributed by atoms with Crippen molar-refractivity contribution in [3.8, 4) is 22.9 Å².